The lowest BCUT2D eigenvalue weighted by atomic mass is 10.1. The molecule has 1 aromatic heterocycles. The molecular formula is C19H20F2N4O2. The number of nitrogens with zero attached hydrogens (tertiary/aromatic N) is 4. The lowest BCUT2D eigenvalue weighted by Gasteiger charge is -2.35. The minimum Gasteiger partial charge on any atom is -0.377 e. The van der Waals surface area contributed by atoms with Crippen molar-refractivity contribution in [3.8, 4) is 0 Å². The number of anilines is 1. The third kappa shape index (κ3) is 3.74. The quantitative estimate of drug-likeness (QED) is 0.825. The van der Waals surface area contributed by atoms with Crippen LogP contribution in [-0.2, 0) is 0 Å². The summed E-state index contributed by atoms with van der Waals surface area (Å²) in [6.45, 7) is 0.969. The Bertz CT molecular complexity index is 844. The van der Waals surface area contributed by atoms with E-state index in [1.165, 1.54) is 17.2 Å². The van der Waals surface area contributed by atoms with Crippen molar-refractivity contribution in [2.24, 2.45) is 0 Å². The molecule has 1 aliphatic rings. The van der Waals surface area contributed by atoms with Crippen molar-refractivity contribution in [3.05, 3.63) is 59.4 Å². The van der Waals surface area contributed by atoms with Crippen LogP contribution in [-0.4, -0.2) is 66.9 Å². The Labute approximate surface area is 156 Å². The monoisotopic (exact) mass is 374 g/mol. The summed E-state index contributed by atoms with van der Waals surface area (Å²) in [5.74, 6) is -2.65. The molecule has 8 heteroatoms. The summed E-state index contributed by atoms with van der Waals surface area (Å²) in [5, 5.41) is 0. The molecule has 142 valence electrons. The Morgan fingerprint density at radius 2 is 1.52 bits per heavy atom. The van der Waals surface area contributed by atoms with Crippen LogP contribution in [0.2, 0.25) is 0 Å². The second kappa shape index (κ2) is 7.69. The SMILES string of the molecule is CN(C)c1ccncc1C(=O)N1CCN(C(=O)c2c(F)cccc2F)CC1. The standard InChI is InChI=1S/C19H20F2N4O2/c1-23(2)16-6-7-22-12-13(16)18(26)24-8-10-25(11-9-24)19(27)17-14(20)4-3-5-15(17)21/h3-7,12H,8-11H2,1-2H3. The number of hydrogen-bond donors (Lipinski definition) is 0. The van der Waals surface area contributed by atoms with Crippen molar-refractivity contribution in [2.45, 2.75) is 0 Å². The molecule has 6 nitrogen and oxygen atoms in total. The van der Waals surface area contributed by atoms with Crippen LogP contribution in [0.15, 0.2) is 36.7 Å². The van der Waals surface area contributed by atoms with Gasteiger partial charge in [0.15, 0.2) is 0 Å². The molecule has 0 radical (unpaired) electrons. The lowest BCUT2D eigenvalue weighted by molar-refractivity contribution is 0.0530. The number of amides is 2. The van der Waals surface area contributed by atoms with Gasteiger partial charge in [-0.3, -0.25) is 14.6 Å². The average Bonchev–Trinajstić information content (AvgIpc) is 2.67. The number of carbonyl (C=O) groups excluding carboxylic acids is 2. The number of aromatic nitrogens is 1. The second-order valence-electron chi connectivity index (χ2n) is 6.47. The minimum absolute atomic E-state index is 0.184. The molecule has 27 heavy (non-hydrogen) atoms. The summed E-state index contributed by atoms with van der Waals surface area (Å²) >= 11 is 0. The van der Waals surface area contributed by atoms with Gasteiger partial charge in [0.1, 0.15) is 17.2 Å². The van der Waals surface area contributed by atoms with Gasteiger partial charge in [0, 0.05) is 52.7 Å². The predicted octanol–water partition coefficient (Wildman–Crippen LogP) is 2.02. The highest BCUT2D eigenvalue weighted by Crippen LogP contribution is 2.21. The Kier molecular flexibility index (Phi) is 5.34. The number of benzene rings is 1. The molecule has 0 N–H and O–H groups in total. The molecule has 0 saturated carbocycles. The van der Waals surface area contributed by atoms with E-state index in [-0.39, 0.29) is 32.1 Å². The Morgan fingerprint density at radius 3 is 2.07 bits per heavy atom. The van der Waals surface area contributed by atoms with Crippen molar-refractivity contribution in [1.82, 2.24) is 14.8 Å². The maximum atomic E-state index is 13.8. The van der Waals surface area contributed by atoms with Crippen LogP contribution in [0.5, 0.6) is 0 Å². The fourth-order valence-electron chi connectivity index (χ4n) is 3.09. The van der Waals surface area contributed by atoms with Gasteiger partial charge in [0.2, 0.25) is 0 Å². The van der Waals surface area contributed by atoms with E-state index >= 15 is 0 Å². The van der Waals surface area contributed by atoms with E-state index in [0.29, 0.717) is 5.56 Å². The van der Waals surface area contributed by atoms with Gasteiger partial charge in [-0.2, -0.15) is 0 Å². The van der Waals surface area contributed by atoms with Gasteiger partial charge in [0.05, 0.1) is 11.3 Å². The number of halogens is 2. The zero-order valence-electron chi connectivity index (χ0n) is 15.2. The largest absolute Gasteiger partial charge is 0.377 e. The molecule has 0 unspecified atom stereocenters. The van der Waals surface area contributed by atoms with Crippen LogP contribution in [0.1, 0.15) is 20.7 Å². The number of piperazine rings is 1. The maximum Gasteiger partial charge on any atom is 0.259 e. The average molecular weight is 374 g/mol. The lowest BCUT2D eigenvalue weighted by Crippen LogP contribution is -2.51. The van der Waals surface area contributed by atoms with E-state index in [2.05, 4.69) is 4.98 Å². The topological polar surface area (TPSA) is 56.8 Å². The molecule has 0 aliphatic carbocycles. The first-order chi connectivity index (χ1) is 12.9. The van der Waals surface area contributed by atoms with Crippen LogP contribution < -0.4 is 4.90 Å². The van der Waals surface area contributed by atoms with E-state index in [9.17, 15) is 18.4 Å². The van der Waals surface area contributed by atoms with Crippen LogP contribution in [0.25, 0.3) is 0 Å². The predicted molar refractivity (Wildman–Crippen MR) is 96.7 cm³/mol. The van der Waals surface area contributed by atoms with Crippen molar-refractivity contribution in [2.75, 3.05) is 45.2 Å². The van der Waals surface area contributed by atoms with Gasteiger partial charge in [-0.25, -0.2) is 8.78 Å². The zero-order chi connectivity index (χ0) is 19.6. The van der Waals surface area contributed by atoms with Gasteiger partial charge in [0.25, 0.3) is 11.8 Å². The third-order valence-corrected chi connectivity index (χ3v) is 4.54. The smallest absolute Gasteiger partial charge is 0.259 e. The fraction of sp³-hybridized carbons (Fsp3) is 0.316. The van der Waals surface area contributed by atoms with E-state index in [4.69, 9.17) is 0 Å². The highest BCUT2D eigenvalue weighted by molar-refractivity contribution is 6.00. The molecule has 1 fully saturated rings. The molecule has 0 bridgehead atoms. The van der Waals surface area contributed by atoms with Crippen molar-refractivity contribution in [3.63, 3.8) is 0 Å². The molecule has 1 aliphatic heterocycles. The number of pyridine rings is 1. The highest BCUT2D eigenvalue weighted by Gasteiger charge is 2.29. The first-order valence-electron chi connectivity index (χ1n) is 8.54. The molecule has 1 aromatic carbocycles. The van der Waals surface area contributed by atoms with Gasteiger partial charge in [-0.15, -0.1) is 0 Å². The van der Waals surface area contributed by atoms with Gasteiger partial charge >= 0.3 is 0 Å². The normalized spacial score (nSPS) is 14.2. The summed E-state index contributed by atoms with van der Waals surface area (Å²) in [7, 11) is 3.68. The van der Waals surface area contributed by atoms with Crippen molar-refractivity contribution >= 4 is 17.5 Å². The summed E-state index contributed by atoms with van der Waals surface area (Å²) in [6.07, 6.45) is 3.13. The number of rotatable bonds is 3. The number of hydrogen-bond acceptors (Lipinski definition) is 4. The molecule has 1 saturated heterocycles. The van der Waals surface area contributed by atoms with E-state index < -0.39 is 23.1 Å². The molecule has 3 rings (SSSR count). The first-order valence-corrected chi connectivity index (χ1v) is 8.54. The van der Waals surface area contributed by atoms with Crippen molar-refractivity contribution in [1.29, 1.82) is 0 Å². The van der Waals surface area contributed by atoms with Gasteiger partial charge < -0.3 is 14.7 Å². The first kappa shape index (κ1) is 18.8. The molecule has 0 spiro atoms. The summed E-state index contributed by atoms with van der Waals surface area (Å²) in [5.41, 5.74) is 0.670. The van der Waals surface area contributed by atoms with Crippen LogP contribution >= 0.6 is 0 Å². The van der Waals surface area contributed by atoms with E-state index in [1.807, 2.05) is 19.0 Å². The molecule has 2 amide bonds. The van der Waals surface area contributed by atoms with Gasteiger partial charge in [-0.1, -0.05) is 6.07 Å². The van der Waals surface area contributed by atoms with Crippen LogP contribution in [0.3, 0.4) is 0 Å². The molecule has 2 heterocycles. The Hall–Kier alpha value is -3.03. The minimum atomic E-state index is -0.885. The number of carbonyl (C=O) groups is 2. The third-order valence-electron chi connectivity index (χ3n) is 4.54. The van der Waals surface area contributed by atoms with Crippen LogP contribution in [0, 0.1) is 11.6 Å². The summed E-state index contributed by atoms with van der Waals surface area (Å²) in [4.78, 5) is 34.1. The van der Waals surface area contributed by atoms with E-state index in [1.54, 1.807) is 17.2 Å². The zero-order valence-corrected chi connectivity index (χ0v) is 15.2. The molecular weight excluding hydrogens is 354 g/mol. The maximum absolute atomic E-state index is 13.8. The Morgan fingerprint density at radius 1 is 0.963 bits per heavy atom. The molecule has 2 aromatic rings. The summed E-state index contributed by atoms with van der Waals surface area (Å²) in [6, 6.07) is 5.09. The van der Waals surface area contributed by atoms with Crippen LogP contribution in [0.4, 0.5) is 14.5 Å². The van der Waals surface area contributed by atoms with Gasteiger partial charge in [-0.05, 0) is 18.2 Å². The van der Waals surface area contributed by atoms with E-state index in [0.717, 1.165) is 17.8 Å². The highest BCUT2D eigenvalue weighted by atomic mass is 19.1. The second-order valence-corrected chi connectivity index (χ2v) is 6.47. The van der Waals surface area contributed by atoms with Crippen molar-refractivity contribution < 1.29 is 18.4 Å². The molecule has 0 atom stereocenters. The fourth-order valence-corrected chi connectivity index (χ4v) is 3.09. The Balaban J connectivity index is 1.71. The summed E-state index contributed by atoms with van der Waals surface area (Å²) < 4.78 is 27.7.